The molecule has 2 N–H and O–H groups in total. The van der Waals surface area contributed by atoms with E-state index in [4.69, 9.17) is 0 Å². The van der Waals surface area contributed by atoms with E-state index < -0.39 is 11.7 Å². The van der Waals surface area contributed by atoms with Crippen LogP contribution < -0.4 is 5.32 Å². The van der Waals surface area contributed by atoms with E-state index >= 15 is 0 Å². The molecule has 30 heavy (non-hydrogen) atoms. The number of hydrogen-bond donors (Lipinski definition) is 2. The van der Waals surface area contributed by atoms with E-state index in [0.717, 1.165) is 27.2 Å². The van der Waals surface area contributed by atoms with Crippen molar-refractivity contribution in [2.45, 2.75) is 20.0 Å². The Hall–Kier alpha value is -3.20. The molecule has 3 aromatic heterocycles. The molecule has 0 fully saturated rings. The largest absolute Gasteiger partial charge is 0.416 e. The minimum Gasteiger partial charge on any atom is -0.308 e. The van der Waals surface area contributed by atoms with Gasteiger partial charge < -0.3 is 5.32 Å². The van der Waals surface area contributed by atoms with Gasteiger partial charge in [0, 0.05) is 28.8 Å². The molecule has 0 aliphatic carbocycles. The van der Waals surface area contributed by atoms with Gasteiger partial charge in [-0.15, -0.1) is 11.3 Å². The number of amides is 1. The fourth-order valence-corrected chi connectivity index (χ4v) is 4.08. The molecular weight excluding hydrogens is 413 g/mol. The van der Waals surface area contributed by atoms with Crippen LogP contribution in [0.2, 0.25) is 0 Å². The normalized spacial score (nSPS) is 11.9. The first-order valence-corrected chi connectivity index (χ1v) is 9.96. The zero-order valence-corrected chi connectivity index (χ0v) is 16.9. The number of aromatic nitrogens is 3. The molecule has 0 radical (unpaired) electrons. The molecule has 4 rings (SSSR count). The van der Waals surface area contributed by atoms with Crippen LogP contribution >= 0.6 is 11.3 Å². The molecule has 9 heteroatoms. The van der Waals surface area contributed by atoms with Gasteiger partial charge in [-0.05, 0) is 35.4 Å². The van der Waals surface area contributed by atoms with Gasteiger partial charge in [-0.25, -0.2) is 0 Å². The molecule has 5 nitrogen and oxygen atoms in total. The number of alkyl halides is 3. The summed E-state index contributed by atoms with van der Waals surface area (Å²) in [5.41, 5.74) is 1.82. The lowest BCUT2D eigenvalue weighted by atomic mass is 9.99. The lowest BCUT2D eigenvalue weighted by molar-refractivity contribution is -0.137. The van der Waals surface area contributed by atoms with E-state index in [1.165, 1.54) is 17.4 Å². The highest BCUT2D eigenvalue weighted by atomic mass is 32.1. The highest BCUT2D eigenvalue weighted by molar-refractivity contribution is 7.22. The first-order chi connectivity index (χ1) is 14.2. The molecule has 0 aliphatic rings. The van der Waals surface area contributed by atoms with Gasteiger partial charge in [-0.2, -0.15) is 18.3 Å². The first-order valence-electron chi connectivity index (χ1n) is 9.15. The number of benzene rings is 1. The van der Waals surface area contributed by atoms with Gasteiger partial charge in [0.25, 0.3) is 0 Å². The van der Waals surface area contributed by atoms with Crippen LogP contribution in [0.3, 0.4) is 0 Å². The Bertz CT molecular complexity index is 1230. The zero-order chi connectivity index (χ0) is 21.5. The molecule has 0 saturated heterocycles. The van der Waals surface area contributed by atoms with Crippen molar-refractivity contribution in [1.29, 1.82) is 0 Å². The summed E-state index contributed by atoms with van der Waals surface area (Å²) in [7, 11) is 0. The van der Waals surface area contributed by atoms with Crippen LogP contribution in [0.5, 0.6) is 0 Å². The standard InChI is InChI=1S/C21H17F3N4OS/c1-11(2)20(29)26-19-18-16(27-28-19)9-17(30-18)15-10-25-7-6-14(15)12-4-3-5-13(8-12)21(22,23)24/h3-11H,1-2H3,(H2,26,27,28,29). The summed E-state index contributed by atoms with van der Waals surface area (Å²) in [5.74, 6) is 0.0934. The number of hydrogen-bond acceptors (Lipinski definition) is 4. The molecule has 3 heterocycles. The van der Waals surface area contributed by atoms with Crippen molar-refractivity contribution in [2.24, 2.45) is 5.92 Å². The Labute approximate surface area is 174 Å². The second kappa shape index (κ2) is 7.56. The molecular formula is C21H17F3N4OS. The minimum atomic E-state index is -4.42. The Kier molecular flexibility index (Phi) is 5.07. The number of aromatic amines is 1. The SMILES string of the molecule is CC(C)C(=O)Nc1n[nH]c2cc(-c3cnccc3-c3cccc(C(F)(F)F)c3)sc12. The van der Waals surface area contributed by atoms with Crippen LogP contribution in [0.25, 0.3) is 31.8 Å². The van der Waals surface area contributed by atoms with Crippen LogP contribution in [-0.2, 0) is 11.0 Å². The maximum atomic E-state index is 13.2. The Balaban J connectivity index is 1.77. The second-order valence-corrected chi connectivity index (χ2v) is 8.12. The number of anilines is 1. The first kappa shape index (κ1) is 20.1. The Morgan fingerprint density at radius 2 is 1.97 bits per heavy atom. The number of rotatable bonds is 4. The highest BCUT2D eigenvalue weighted by Gasteiger charge is 2.30. The van der Waals surface area contributed by atoms with Gasteiger partial charge in [-0.3, -0.25) is 14.9 Å². The lowest BCUT2D eigenvalue weighted by Crippen LogP contribution is -2.17. The number of carbonyl (C=O) groups is 1. The number of pyridine rings is 1. The third kappa shape index (κ3) is 3.80. The zero-order valence-electron chi connectivity index (χ0n) is 16.0. The maximum absolute atomic E-state index is 13.2. The second-order valence-electron chi connectivity index (χ2n) is 7.07. The van der Waals surface area contributed by atoms with Gasteiger partial charge in [0.1, 0.15) is 0 Å². The van der Waals surface area contributed by atoms with Gasteiger partial charge in [0.05, 0.1) is 15.8 Å². The Morgan fingerprint density at radius 1 is 1.17 bits per heavy atom. The molecule has 0 bridgehead atoms. The fourth-order valence-electron chi connectivity index (χ4n) is 3.00. The Morgan fingerprint density at radius 3 is 2.70 bits per heavy atom. The predicted molar refractivity (Wildman–Crippen MR) is 111 cm³/mol. The summed E-state index contributed by atoms with van der Waals surface area (Å²) in [6, 6.07) is 8.76. The van der Waals surface area contributed by atoms with Crippen molar-refractivity contribution >= 4 is 33.3 Å². The van der Waals surface area contributed by atoms with E-state index in [1.54, 1.807) is 38.4 Å². The van der Waals surface area contributed by atoms with Gasteiger partial charge >= 0.3 is 6.18 Å². The van der Waals surface area contributed by atoms with Crippen molar-refractivity contribution in [1.82, 2.24) is 15.2 Å². The lowest BCUT2D eigenvalue weighted by Gasteiger charge is -2.11. The molecule has 1 aromatic carbocycles. The smallest absolute Gasteiger partial charge is 0.308 e. The number of carbonyl (C=O) groups excluding carboxylic acids is 1. The van der Waals surface area contributed by atoms with Crippen LogP contribution in [0.15, 0.2) is 48.8 Å². The summed E-state index contributed by atoms with van der Waals surface area (Å²) in [4.78, 5) is 17.0. The van der Waals surface area contributed by atoms with E-state index in [2.05, 4.69) is 20.5 Å². The third-order valence-electron chi connectivity index (χ3n) is 4.59. The number of nitrogens with zero attached hydrogens (tertiary/aromatic N) is 2. The van der Waals surface area contributed by atoms with Crippen LogP contribution in [0.4, 0.5) is 19.0 Å². The van der Waals surface area contributed by atoms with Gasteiger partial charge in [0.15, 0.2) is 5.82 Å². The van der Waals surface area contributed by atoms with E-state index in [-0.39, 0.29) is 11.8 Å². The minimum absolute atomic E-state index is 0.149. The summed E-state index contributed by atoms with van der Waals surface area (Å²) < 4.78 is 40.2. The van der Waals surface area contributed by atoms with Crippen LogP contribution in [0.1, 0.15) is 19.4 Å². The fraction of sp³-hybridized carbons (Fsp3) is 0.190. The topological polar surface area (TPSA) is 70.7 Å². The van der Waals surface area contributed by atoms with E-state index in [1.807, 2.05) is 6.07 Å². The van der Waals surface area contributed by atoms with Crippen molar-refractivity contribution in [3.8, 4) is 21.6 Å². The molecule has 154 valence electrons. The van der Waals surface area contributed by atoms with Gasteiger partial charge in [-0.1, -0.05) is 26.0 Å². The van der Waals surface area contributed by atoms with E-state index in [9.17, 15) is 18.0 Å². The number of halogens is 3. The molecule has 4 aromatic rings. The molecule has 0 saturated carbocycles. The van der Waals surface area contributed by atoms with Crippen molar-refractivity contribution in [2.75, 3.05) is 5.32 Å². The summed E-state index contributed by atoms with van der Waals surface area (Å²) in [5, 5.41) is 9.82. The third-order valence-corrected chi connectivity index (χ3v) is 5.76. The molecule has 0 spiro atoms. The van der Waals surface area contributed by atoms with E-state index in [0.29, 0.717) is 22.5 Å². The number of nitrogens with one attached hydrogen (secondary N) is 2. The molecule has 0 aliphatic heterocycles. The van der Waals surface area contributed by atoms with Crippen molar-refractivity contribution in [3.63, 3.8) is 0 Å². The summed E-state index contributed by atoms with van der Waals surface area (Å²) >= 11 is 1.39. The molecule has 0 unspecified atom stereocenters. The summed E-state index contributed by atoms with van der Waals surface area (Å²) in [6.07, 6.45) is -1.24. The number of H-pyrrole nitrogens is 1. The maximum Gasteiger partial charge on any atom is 0.416 e. The highest BCUT2D eigenvalue weighted by Crippen LogP contribution is 2.41. The van der Waals surface area contributed by atoms with Gasteiger partial charge in [0.2, 0.25) is 5.91 Å². The monoisotopic (exact) mass is 430 g/mol. The number of fused-ring (bicyclic) bond motifs is 1. The quantitative estimate of drug-likeness (QED) is 0.419. The summed E-state index contributed by atoms with van der Waals surface area (Å²) in [6.45, 7) is 3.58. The van der Waals surface area contributed by atoms with Crippen LogP contribution in [0, 0.1) is 5.92 Å². The predicted octanol–water partition coefficient (Wildman–Crippen LogP) is 5.97. The van der Waals surface area contributed by atoms with Crippen molar-refractivity contribution < 1.29 is 18.0 Å². The van der Waals surface area contributed by atoms with Crippen LogP contribution in [-0.4, -0.2) is 21.1 Å². The number of thiophene rings is 1. The molecule has 1 amide bonds. The van der Waals surface area contributed by atoms with Crippen molar-refractivity contribution in [3.05, 3.63) is 54.4 Å². The average Bonchev–Trinajstić information content (AvgIpc) is 3.29. The molecule has 0 atom stereocenters. The average molecular weight is 430 g/mol.